The van der Waals surface area contributed by atoms with Crippen LogP contribution in [0.5, 0.6) is 5.75 Å². The number of benzene rings is 2. The van der Waals surface area contributed by atoms with Crippen LogP contribution in [0, 0.1) is 17.2 Å². The fourth-order valence-corrected chi connectivity index (χ4v) is 4.71. The van der Waals surface area contributed by atoms with Crippen molar-refractivity contribution in [2.45, 2.75) is 25.7 Å². The monoisotopic (exact) mass is 427 g/mol. The summed E-state index contributed by atoms with van der Waals surface area (Å²) >= 11 is 0. The number of ether oxygens (including phenoxy) is 1. The topological polar surface area (TPSA) is 110 Å². The number of amides is 1. The van der Waals surface area contributed by atoms with Crippen molar-refractivity contribution in [1.82, 2.24) is 0 Å². The molecule has 1 atom stereocenters. The molecule has 32 heavy (non-hydrogen) atoms. The van der Waals surface area contributed by atoms with E-state index in [9.17, 15) is 14.9 Å². The normalized spacial score (nSPS) is 19.3. The number of nitrogens with zero attached hydrogens (tertiary/aromatic N) is 2. The Hall–Kier alpha value is -4.05. The first-order valence-corrected chi connectivity index (χ1v) is 10.5. The molecule has 160 valence electrons. The molecule has 0 saturated carbocycles. The number of nitrogens with two attached hydrogens (primary N) is 1. The third-order valence-corrected chi connectivity index (χ3v) is 6.18. The molecule has 0 fully saturated rings. The average Bonchev–Trinajstić information content (AvgIpc) is 3.01. The van der Waals surface area contributed by atoms with Crippen LogP contribution in [0.2, 0.25) is 0 Å². The number of para-hydroxylation sites is 2. The van der Waals surface area contributed by atoms with Gasteiger partial charge in [0.25, 0.3) is 0 Å². The van der Waals surface area contributed by atoms with Crippen molar-refractivity contribution >= 4 is 22.6 Å². The van der Waals surface area contributed by atoms with Crippen molar-refractivity contribution in [3.8, 4) is 11.8 Å². The van der Waals surface area contributed by atoms with E-state index >= 15 is 0 Å². The van der Waals surface area contributed by atoms with E-state index in [-0.39, 0.29) is 22.8 Å². The van der Waals surface area contributed by atoms with Gasteiger partial charge in [0.15, 0.2) is 11.2 Å². The van der Waals surface area contributed by atoms with E-state index in [1.807, 2.05) is 12.1 Å². The molecule has 7 nitrogen and oxygen atoms in total. The van der Waals surface area contributed by atoms with Crippen LogP contribution in [0.15, 0.2) is 69.2 Å². The molecule has 0 saturated heterocycles. The Bertz CT molecular complexity index is 1410. The summed E-state index contributed by atoms with van der Waals surface area (Å²) in [6.07, 6.45) is 0.757. The van der Waals surface area contributed by atoms with Gasteiger partial charge in [0, 0.05) is 17.8 Å². The highest BCUT2D eigenvalue weighted by atomic mass is 16.5. The first-order chi connectivity index (χ1) is 15.4. The Morgan fingerprint density at radius 1 is 1.12 bits per heavy atom. The van der Waals surface area contributed by atoms with Crippen LogP contribution < -0.4 is 21.0 Å². The highest BCUT2D eigenvalue weighted by molar-refractivity contribution is 6.14. The van der Waals surface area contributed by atoms with E-state index in [0.717, 1.165) is 6.42 Å². The van der Waals surface area contributed by atoms with Gasteiger partial charge in [0.05, 0.1) is 5.39 Å². The Morgan fingerprint density at radius 3 is 2.59 bits per heavy atom. The molecule has 2 aliphatic rings. The minimum Gasteiger partial charge on any atom is -0.439 e. The smallest absolute Gasteiger partial charge is 0.345 e. The van der Waals surface area contributed by atoms with E-state index in [0.29, 0.717) is 34.7 Å². The maximum absolute atomic E-state index is 14.2. The Balaban J connectivity index is 1.90. The summed E-state index contributed by atoms with van der Waals surface area (Å²) in [4.78, 5) is 29.2. The third kappa shape index (κ3) is 2.47. The summed E-state index contributed by atoms with van der Waals surface area (Å²) in [6.45, 7) is 4.60. The van der Waals surface area contributed by atoms with Crippen molar-refractivity contribution in [3.05, 3.63) is 81.5 Å². The van der Waals surface area contributed by atoms with Gasteiger partial charge in [-0.2, -0.15) is 5.26 Å². The van der Waals surface area contributed by atoms with Crippen LogP contribution in [0.1, 0.15) is 31.4 Å². The van der Waals surface area contributed by atoms with E-state index in [2.05, 4.69) is 19.9 Å². The molecule has 0 aliphatic carbocycles. The Kier molecular flexibility index (Phi) is 4.34. The lowest BCUT2D eigenvalue weighted by molar-refractivity contribution is -0.121. The predicted molar refractivity (Wildman–Crippen MR) is 119 cm³/mol. The van der Waals surface area contributed by atoms with Crippen molar-refractivity contribution in [2.24, 2.45) is 11.7 Å². The highest BCUT2D eigenvalue weighted by Crippen LogP contribution is 2.55. The van der Waals surface area contributed by atoms with Gasteiger partial charge in [-0.15, -0.1) is 0 Å². The number of hydrogen-bond acceptors (Lipinski definition) is 6. The molecule has 1 aromatic heterocycles. The first kappa shape index (κ1) is 19.9. The molecule has 7 heteroatoms. The molecule has 1 spiro atoms. The number of hydrogen-bond donors (Lipinski definition) is 1. The Labute approximate surface area is 184 Å². The summed E-state index contributed by atoms with van der Waals surface area (Å²) in [6, 6.07) is 16.1. The van der Waals surface area contributed by atoms with Crippen molar-refractivity contribution in [1.29, 1.82) is 5.26 Å². The molecule has 3 heterocycles. The summed E-state index contributed by atoms with van der Waals surface area (Å²) in [7, 11) is 0. The van der Waals surface area contributed by atoms with Crippen LogP contribution >= 0.6 is 0 Å². The van der Waals surface area contributed by atoms with Crippen molar-refractivity contribution in [3.63, 3.8) is 0 Å². The lowest BCUT2D eigenvalue weighted by Crippen LogP contribution is -2.48. The number of carbonyl (C=O) groups is 1. The molecule has 2 aromatic carbocycles. The number of rotatable bonds is 3. The molecule has 5 rings (SSSR count). The first-order valence-electron chi connectivity index (χ1n) is 10.5. The van der Waals surface area contributed by atoms with Gasteiger partial charge in [-0.25, -0.2) is 4.79 Å². The van der Waals surface area contributed by atoms with Crippen LogP contribution in [0.3, 0.4) is 0 Å². The molecule has 2 N–H and O–H groups in total. The van der Waals surface area contributed by atoms with Crippen molar-refractivity contribution < 1.29 is 13.9 Å². The molecular formula is C25H21N3O4. The second kappa shape index (κ2) is 6.99. The van der Waals surface area contributed by atoms with Crippen LogP contribution in [0.4, 0.5) is 5.69 Å². The van der Waals surface area contributed by atoms with E-state index in [4.69, 9.17) is 14.9 Å². The SMILES string of the molecule is CC(C)CCN1C(=O)[C@]2(C(C#N)=C(N)Oc3c2c(=O)oc2ccccc32)c2ccccc21. The van der Waals surface area contributed by atoms with Gasteiger partial charge in [0.1, 0.15) is 22.8 Å². The summed E-state index contributed by atoms with van der Waals surface area (Å²) in [5.74, 6) is -0.0728. The minimum absolute atomic E-state index is 0.00792. The van der Waals surface area contributed by atoms with Gasteiger partial charge < -0.3 is 19.8 Å². The summed E-state index contributed by atoms with van der Waals surface area (Å²) < 4.78 is 11.4. The molecule has 0 radical (unpaired) electrons. The number of anilines is 1. The standard InChI is InChI=1S/C25H21N3O4/c1-14(2)11-12-28-18-9-5-4-8-16(18)25(24(28)30)17(13-26)22(27)32-21-15-7-3-6-10-19(15)31-23(29)20(21)25/h3-10,14H,11-12,27H2,1-2H3/t25-/m0/s1. The van der Waals surface area contributed by atoms with Gasteiger partial charge in [-0.1, -0.05) is 44.2 Å². The summed E-state index contributed by atoms with van der Waals surface area (Å²) in [5, 5.41) is 10.6. The fraction of sp³-hybridized carbons (Fsp3) is 0.240. The predicted octanol–water partition coefficient (Wildman–Crippen LogP) is 3.56. The third-order valence-electron chi connectivity index (χ3n) is 6.18. The lowest BCUT2D eigenvalue weighted by Gasteiger charge is -2.33. The van der Waals surface area contributed by atoms with Crippen molar-refractivity contribution in [2.75, 3.05) is 11.4 Å². The number of fused-ring (bicyclic) bond motifs is 6. The van der Waals surface area contributed by atoms with Gasteiger partial charge >= 0.3 is 5.63 Å². The van der Waals surface area contributed by atoms with Crippen LogP contribution in [-0.4, -0.2) is 12.5 Å². The van der Waals surface area contributed by atoms with E-state index in [1.54, 1.807) is 41.3 Å². The van der Waals surface area contributed by atoms with Crippen LogP contribution in [-0.2, 0) is 10.2 Å². The zero-order chi connectivity index (χ0) is 22.6. The molecular weight excluding hydrogens is 406 g/mol. The quantitative estimate of drug-likeness (QED) is 0.640. The maximum atomic E-state index is 14.2. The minimum atomic E-state index is -1.72. The zero-order valence-electron chi connectivity index (χ0n) is 17.7. The molecule has 0 bridgehead atoms. The van der Waals surface area contributed by atoms with Gasteiger partial charge in [-0.3, -0.25) is 4.79 Å². The second-order valence-corrected chi connectivity index (χ2v) is 8.45. The average molecular weight is 427 g/mol. The largest absolute Gasteiger partial charge is 0.439 e. The molecule has 2 aliphatic heterocycles. The highest BCUT2D eigenvalue weighted by Gasteiger charge is 2.61. The number of nitriles is 1. The molecule has 3 aromatic rings. The van der Waals surface area contributed by atoms with E-state index < -0.39 is 16.9 Å². The molecule has 1 amide bonds. The van der Waals surface area contributed by atoms with E-state index in [1.165, 1.54) is 0 Å². The molecule has 0 unspecified atom stereocenters. The second-order valence-electron chi connectivity index (χ2n) is 8.45. The maximum Gasteiger partial charge on any atom is 0.345 e. The van der Waals surface area contributed by atoms with Gasteiger partial charge in [0.2, 0.25) is 11.8 Å². The fourth-order valence-electron chi connectivity index (χ4n) is 4.71. The number of carbonyl (C=O) groups excluding carboxylic acids is 1. The van der Waals surface area contributed by atoms with Gasteiger partial charge in [-0.05, 0) is 30.5 Å². The Morgan fingerprint density at radius 2 is 1.84 bits per heavy atom. The van der Waals surface area contributed by atoms with Crippen LogP contribution in [0.25, 0.3) is 11.0 Å². The summed E-state index contributed by atoms with van der Waals surface area (Å²) in [5.41, 5.74) is 5.16. The lowest BCUT2D eigenvalue weighted by atomic mass is 9.69. The zero-order valence-corrected chi connectivity index (χ0v) is 17.7.